The van der Waals surface area contributed by atoms with Crippen LogP contribution >= 0.6 is 11.3 Å². The van der Waals surface area contributed by atoms with Gasteiger partial charge in [0, 0.05) is 43.6 Å². The molecule has 5 heterocycles. The minimum atomic E-state index is -1.41. The highest BCUT2D eigenvalue weighted by Crippen LogP contribution is 2.57. The van der Waals surface area contributed by atoms with E-state index in [-0.39, 0.29) is 103 Å². The van der Waals surface area contributed by atoms with Crippen molar-refractivity contribution in [2.24, 2.45) is 17.3 Å². The largest absolute Gasteiger partial charge is 0.493 e. The van der Waals surface area contributed by atoms with Crippen LogP contribution in [0.5, 0.6) is 17.2 Å². The summed E-state index contributed by atoms with van der Waals surface area (Å²) in [6, 6.07) is 13.9. The average Bonchev–Trinajstić information content (AvgIpc) is 3.69. The molecule has 2 N–H and O–H groups in total. The molecule has 18 heteroatoms. The van der Waals surface area contributed by atoms with E-state index in [1.807, 2.05) is 50.7 Å². The van der Waals surface area contributed by atoms with E-state index in [4.69, 9.17) is 23.7 Å². The number of nitrogens with one attached hydrogen (secondary N) is 1. The molecule has 5 aliphatic rings. The molecule has 3 aromatic carbocycles. The molecular weight excluding hydrogens is 979 g/mol. The van der Waals surface area contributed by atoms with E-state index < -0.39 is 30.5 Å². The van der Waals surface area contributed by atoms with Gasteiger partial charge in [0.25, 0.3) is 11.8 Å². The number of nitrogens with zero attached hydrogens (tertiary/aromatic N) is 4. The van der Waals surface area contributed by atoms with Crippen molar-refractivity contribution >= 4 is 64.0 Å². The molecule has 5 atom stereocenters. The Morgan fingerprint density at radius 1 is 0.893 bits per heavy atom. The van der Waals surface area contributed by atoms with Crippen LogP contribution in [0.4, 0.5) is 21.0 Å². The second-order valence-electron chi connectivity index (χ2n) is 20.7. The fourth-order valence-corrected chi connectivity index (χ4v) is 10.9. The Morgan fingerprint density at radius 3 is 2.28 bits per heavy atom. The van der Waals surface area contributed by atoms with E-state index >= 15 is 0 Å². The molecule has 1 saturated carbocycles. The highest BCUT2D eigenvalue weighted by atomic mass is 32.1. The first kappa shape index (κ1) is 52.7. The number of ether oxygens (including phenoxy) is 5. The molecule has 1 unspecified atom stereocenters. The third kappa shape index (κ3) is 11.0. The maximum Gasteiger partial charge on any atom is 0.416 e. The number of carbonyl (C=O) groups excluding carboxylic acids is 6. The summed E-state index contributed by atoms with van der Waals surface area (Å²) in [6.45, 7) is 13.7. The van der Waals surface area contributed by atoms with Crippen molar-refractivity contribution in [2.45, 2.75) is 104 Å². The standard InChI is InChI=1S/C57H65N5O12S/c1-8-17-73-55(68)60-29-41-23-40(39-14-20-75-31-39)28-59(41)52(65)43-24-49(70-7)50(25-44(43)60)72-19-9-18-71-48-26-45-42(21-34(48)4)53(66)61-32-57(15-16-57)27-46(61)54(67)62(45)56(69)74-30-38-12-10-37(11-13-38)22-47(63)36(6)58-51(64)35(5)33(2)3/h8,10-14,20-21,24-26,28,31,33,35-36,41,46,54,67H,1,9,15-19,22-23,27,29-30,32H2,2-7H3,(H,58,64)/t35-,36-,41-,46-,54?/m0/s1. The summed E-state index contributed by atoms with van der Waals surface area (Å²) in [5.41, 5.74) is 4.94. The quantitative estimate of drug-likeness (QED) is 0.0713. The van der Waals surface area contributed by atoms with Gasteiger partial charge in [0.05, 0.1) is 67.5 Å². The number of aliphatic hydroxyl groups excluding tert-OH is 1. The number of hydrogen-bond acceptors (Lipinski definition) is 13. The Morgan fingerprint density at radius 2 is 1.60 bits per heavy atom. The predicted octanol–water partition coefficient (Wildman–Crippen LogP) is 8.69. The Balaban J connectivity index is 0.879. The Labute approximate surface area is 441 Å². The molecule has 396 valence electrons. The van der Waals surface area contributed by atoms with Gasteiger partial charge in [0.15, 0.2) is 23.5 Å². The zero-order valence-corrected chi connectivity index (χ0v) is 44.1. The number of rotatable bonds is 18. The molecule has 1 spiro atoms. The molecule has 4 aliphatic heterocycles. The number of thiophene rings is 1. The number of aliphatic hydroxyl groups is 1. The average molecular weight is 1040 g/mol. The van der Waals surface area contributed by atoms with Gasteiger partial charge in [-0.3, -0.25) is 24.1 Å². The van der Waals surface area contributed by atoms with Gasteiger partial charge < -0.3 is 43.9 Å². The summed E-state index contributed by atoms with van der Waals surface area (Å²) in [7, 11) is 1.47. The van der Waals surface area contributed by atoms with E-state index in [0.29, 0.717) is 59.9 Å². The number of ketones is 1. The minimum absolute atomic E-state index is 0.0161. The van der Waals surface area contributed by atoms with E-state index in [2.05, 4.69) is 11.9 Å². The maximum atomic E-state index is 14.3. The number of anilines is 2. The Bertz CT molecular complexity index is 2900. The lowest BCUT2D eigenvalue weighted by atomic mass is 9.96. The molecule has 5 amide bonds. The fourth-order valence-electron chi connectivity index (χ4n) is 10.2. The second-order valence-corrected chi connectivity index (χ2v) is 21.5. The number of hydrogen-bond donors (Lipinski definition) is 2. The Kier molecular flexibility index (Phi) is 15.4. The Hall–Kier alpha value is -7.18. The highest BCUT2D eigenvalue weighted by molar-refractivity contribution is 7.08. The van der Waals surface area contributed by atoms with Gasteiger partial charge in [-0.2, -0.15) is 11.3 Å². The molecule has 17 nitrogen and oxygen atoms in total. The molecular formula is C57H65N5O12S. The zero-order chi connectivity index (χ0) is 53.3. The number of methoxy groups -OCH3 is 1. The molecule has 9 rings (SSSR count). The van der Waals surface area contributed by atoms with Crippen molar-refractivity contribution in [3.05, 3.63) is 118 Å². The molecule has 1 aromatic heterocycles. The maximum absolute atomic E-state index is 14.3. The number of fused-ring (bicyclic) bond motifs is 4. The van der Waals surface area contributed by atoms with Gasteiger partial charge >= 0.3 is 12.2 Å². The SMILES string of the molecule is C=CCOC(=O)N1C[C@@H]2CC(c3ccsc3)=CN2C(=O)c2cc(OC)c(OCCCOc3cc4c(cc3C)C(=O)N3CC5(CC5)C[C@H]3C(O)N4C(=O)OCc3ccc(CC(=O)[C@H](C)NC(=O)[C@@H](C)C(C)C)cc3)cc21. The second kappa shape index (κ2) is 22.0. The van der Waals surface area contributed by atoms with Gasteiger partial charge in [-0.25, -0.2) is 14.5 Å². The van der Waals surface area contributed by atoms with Crippen LogP contribution in [0.1, 0.15) is 103 Å². The lowest BCUT2D eigenvalue weighted by Gasteiger charge is -2.31. The minimum Gasteiger partial charge on any atom is -0.493 e. The lowest BCUT2D eigenvalue weighted by molar-refractivity contribution is -0.130. The molecule has 1 aliphatic carbocycles. The third-order valence-electron chi connectivity index (χ3n) is 15.2. The number of aryl methyl sites for hydroxylation is 1. The summed E-state index contributed by atoms with van der Waals surface area (Å²) < 4.78 is 29.7. The molecule has 75 heavy (non-hydrogen) atoms. The van der Waals surface area contributed by atoms with Crippen molar-refractivity contribution < 1.29 is 57.6 Å². The van der Waals surface area contributed by atoms with Gasteiger partial charge in [-0.15, -0.1) is 0 Å². The first-order valence-corrected chi connectivity index (χ1v) is 26.5. The van der Waals surface area contributed by atoms with Crippen LogP contribution in [0.25, 0.3) is 5.57 Å². The van der Waals surface area contributed by atoms with E-state index in [9.17, 15) is 33.9 Å². The van der Waals surface area contributed by atoms with Crippen LogP contribution in [0.3, 0.4) is 0 Å². The number of carbonyl (C=O) groups is 6. The van der Waals surface area contributed by atoms with Crippen molar-refractivity contribution in [1.29, 1.82) is 0 Å². The van der Waals surface area contributed by atoms with Crippen molar-refractivity contribution in [1.82, 2.24) is 15.1 Å². The number of amides is 5. The fraction of sp³-hybridized carbons (Fsp3) is 0.439. The smallest absolute Gasteiger partial charge is 0.416 e. The third-order valence-corrected chi connectivity index (χ3v) is 15.9. The van der Waals surface area contributed by atoms with Gasteiger partial charge in [-0.05, 0) is 108 Å². The van der Waals surface area contributed by atoms with Crippen LogP contribution in [0.2, 0.25) is 0 Å². The predicted molar refractivity (Wildman–Crippen MR) is 282 cm³/mol. The molecule has 4 aromatic rings. The van der Waals surface area contributed by atoms with E-state index in [1.54, 1.807) is 76.6 Å². The lowest BCUT2D eigenvalue weighted by Crippen LogP contribution is -2.50. The zero-order valence-electron chi connectivity index (χ0n) is 43.3. The molecule has 0 radical (unpaired) electrons. The summed E-state index contributed by atoms with van der Waals surface area (Å²) in [5, 5.41) is 18.9. The van der Waals surface area contributed by atoms with Crippen molar-refractivity contribution in [2.75, 3.05) is 49.8 Å². The normalized spacial score (nSPS) is 19.9. The van der Waals surface area contributed by atoms with Gasteiger partial charge in [0.1, 0.15) is 19.0 Å². The summed E-state index contributed by atoms with van der Waals surface area (Å²) in [6.07, 6.45) is 3.89. The summed E-state index contributed by atoms with van der Waals surface area (Å²) >= 11 is 1.57. The van der Waals surface area contributed by atoms with Crippen molar-refractivity contribution in [3.8, 4) is 17.2 Å². The van der Waals surface area contributed by atoms with E-state index in [0.717, 1.165) is 34.4 Å². The first-order valence-electron chi connectivity index (χ1n) is 25.6. The molecule has 2 fully saturated rings. The highest BCUT2D eigenvalue weighted by Gasteiger charge is 2.58. The number of Topliss-reactive ketones (excluding diaryl/α,β-unsaturated/α-hetero) is 1. The van der Waals surface area contributed by atoms with Crippen LogP contribution in [-0.4, -0.2) is 115 Å². The van der Waals surface area contributed by atoms with E-state index in [1.165, 1.54) is 18.1 Å². The van der Waals surface area contributed by atoms with Crippen LogP contribution < -0.4 is 29.3 Å². The molecule has 0 bridgehead atoms. The summed E-state index contributed by atoms with van der Waals surface area (Å²) in [5.74, 6) is 0.0183. The van der Waals surface area contributed by atoms with Gasteiger partial charge in [-0.1, -0.05) is 57.7 Å². The van der Waals surface area contributed by atoms with Crippen LogP contribution in [-0.2, 0) is 32.1 Å². The summed E-state index contributed by atoms with van der Waals surface area (Å²) in [4.78, 5) is 88.0. The first-order chi connectivity index (χ1) is 36.0. The topological polar surface area (TPSA) is 194 Å². The molecule has 1 saturated heterocycles. The van der Waals surface area contributed by atoms with Gasteiger partial charge in [0.2, 0.25) is 5.91 Å². The van der Waals surface area contributed by atoms with Crippen LogP contribution in [0, 0.1) is 24.2 Å². The van der Waals surface area contributed by atoms with Crippen molar-refractivity contribution in [3.63, 3.8) is 0 Å². The van der Waals surface area contributed by atoms with Crippen LogP contribution in [0.15, 0.2) is 84.2 Å². The number of benzene rings is 3. The monoisotopic (exact) mass is 1040 g/mol.